The van der Waals surface area contributed by atoms with E-state index < -0.39 is 97.5 Å². The van der Waals surface area contributed by atoms with Gasteiger partial charge in [0.05, 0.1) is 26.4 Å². The lowest BCUT2D eigenvalue weighted by molar-refractivity contribution is -0.161. The molecular weight excluding hydrogens is 1210 g/mol. The number of phosphoric acid groups is 2. The van der Waals surface area contributed by atoms with Crippen LogP contribution in [0.5, 0.6) is 0 Å². The molecule has 0 amide bonds. The van der Waals surface area contributed by atoms with Crippen molar-refractivity contribution in [1.29, 1.82) is 0 Å². The van der Waals surface area contributed by atoms with Gasteiger partial charge in [-0.15, -0.1) is 0 Å². The Morgan fingerprint density at radius 1 is 0.304 bits per heavy atom. The van der Waals surface area contributed by atoms with Crippen LogP contribution in [0.15, 0.2) is 0 Å². The quantitative estimate of drug-likeness (QED) is 0.0222. The van der Waals surface area contributed by atoms with Gasteiger partial charge in [-0.25, -0.2) is 9.13 Å². The van der Waals surface area contributed by atoms with Gasteiger partial charge in [0.15, 0.2) is 12.2 Å². The smallest absolute Gasteiger partial charge is 0.462 e. The van der Waals surface area contributed by atoms with Gasteiger partial charge < -0.3 is 33.8 Å². The first-order valence-electron chi connectivity index (χ1n) is 38.2. The predicted molar refractivity (Wildman–Crippen MR) is 372 cm³/mol. The van der Waals surface area contributed by atoms with Crippen LogP contribution in [-0.4, -0.2) is 96.7 Å². The van der Waals surface area contributed by atoms with E-state index in [2.05, 4.69) is 34.6 Å². The molecule has 0 fully saturated rings. The first-order chi connectivity index (χ1) is 44.6. The Bertz CT molecular complexity index is 1770. The van der Waals surface area contributed by atoms with Gasteiger partial charge in [0, 0.05) is 25.7 Å². The summed E-state index contributed by atoms with van der Waals surface area (Å²) in [7, 11) is -9.89. The molecule has 0 bridgehead atoms. The van der Waals surface area contributed by atoms with Gasteiger partial charge in [-0.05, 0) is 31.6 Å². The maximum absolute atomic E-state index is 13.1. The maximum Gasteiger partial charge on any atom is 0.472 e. The first kappa shape index (κ1) is 90.1. The third-order valence-electron chi connectivity index (χ3n) is 17.4. The second kappa shape index (κ2) is 66.3. The maximum atomic E-state index is 13.1. The molecule has 6 atom stereocenters. The number of aliphatic hydroxyl groups is 1. The zero-order valence-electron chi connectivity index (χ0n) is 59.7. The number of hydrogen-bond donors (Lipinski definition) is 3. The molecule has 0 rings (SSSR count). The van der Waals surface area contributed by atoms with Gasteiger partial charge >= 0.3 is 39.5 Å². The Morgan fingerprint density at radius 3 is 0.772 bits per heavy atom. The first-order valence-corrected chi connectivity index (χ1v) is 41.2. The molecule has 0 radical (unpaired) electrons. The van der Waals surface area contributed by atoms with Crippen molar-refractivity contribution in [3.63, 3.8) is 0 Å². The molecule has 17 nitrogen and oxygen atoms in total. The van der Waals surface area contributed by atoms with E-state index in [1.54, 1.807) is 0 Å². The Morgan fingerprint density at radius 2 is 0.522 bits per heavy atom. The highest BCUT2D eigenvalue weighted by molar-refractivity contribution is 7.47. The zero-order valence-corrected chi connectivity index (χ0v) is 61.5. The van der Waals surface area contributed by atoms with E-state index in [0.717, 1.165) is 109 Å². The Labute approximate surface area is 562 Å². The highest BCUT2D eigenvalue weighted by Crippen LogP contribution is 2.45. The number of aliphatic hydroxyl groups excluding tert-OH is 1. The number of carbonyl (C=O) groups excluding carboxylic acids is 4. The van der Waals surface area contributed by atoms with Crippen molar-refractivity contribution in [2.45, 2.75) is 400 Å². The average molecular weight is 1350 g/mol. The Kier molecular flexibility index (Phi) is 64.9. The van der Waals surface area contributed by atoms with Gasteiger partial charge in [0.2, 0.25) is 0 Å². The molecule has 0 aliphatic rings. The van der Waals surface area contributed by atoms with E-state index in [4.69, 9.17) is 37.0 Å². The molecule has 0 aromatic heterocycles. The summed E-state index contributed by atoms with van der Waals surface area (Å²) in [6.07, 6.45) is 54.3. The van der Waals surface area contributed by atoms with Gasteiger partial charge in [0.1, 0.15) is 19.3 Å². The fraction of sp³-hybridized carbons (Fsp3) is 0.945. The van der Waals surface area contributed by atoms with Crippen molar-refractivity contribution in [2.75, 3.05) is 39.6 Å². The summed E-state index contributed by atoms with van der Waals surface area (Å²) in [5.41, 5.74) is 0. The van der Waals surface area contributed by atoms with Gasteiger partial charge in [-0.3, -0.25) is 37.3 Å². The summed E-state index contributed by atoms with van der Waals surface area (Å²) in [6, 6.07) is 0. The van der Waals surface area contributed by atoms with Gasteiger partial charge in [0.25, 0.3) is 0 Å². The minimum Gasteiger partial charge on any atom is -0.462 e. The standard InChI is InChI=1S/C73H142O17P2/c1-6-10-13-16-19-22-23-24-32-35-38-43-47-52-57-71(76)84-63-69(90-73(78)59-54-49-44-39-36-33-30-28-26-25-27-29-31-34-37-40-45-50-55-66(5)9-4)65-88-92(81,82)86-61-67(74)60-85-91(79,80)87-64-68(89-72(77)58-53-48-42-21-18-15-12-8-3)62-83-70(75)56-51-46-41-20-17-14-11-7-2/h66-69,74H,6-65H2,1-5H3,(H,79,80)(H,81,82)/t66?,67-,68+,69+/m0/s1. The van der Waals surface area contributed by atoms with Crippen molar-refractivity contribution in [1.82, 2.24) is 0 Å². The second-order valence-electron chi connectivity index (χ2n) is 26.6. The topological polar surface area (TPSA) is 237 Å². The second-order valence-corrected chi connectivity index (χ2v) is 29.5. The number of hydrogen-bond acceptors (Lipinski definition) is 15. The van der Waals surface area contributed by atoms with Gasteiger partial charge in [-0.2, -0.15) is 0 Å². The molecule has 0 saturated heterocycles. The summed E-state index contributed by atoms with van der Waals surface area (Å²) in [4.78, 5) is 72.4. The van der Waals surface area contributed by atoms with Crippen molar-refractivity contribution in [3.05, 3.63) is 0 Å². The van der Waals surface area contributed by atoms with E-state index in [-0.39, 0.29) is 25.7 Å². The molecule has 0 aliphatic heterocycles. The molecule has 3 N–H and O–H groups in total. The summed E-state index contributed by atoms with van der Waals surface area (Å²) >= 11 is 0. The van der Waals surface area contributed by atoms with Crippen molar-refractivity contribution in [3.8, 4) is 0 Å². The minimum atomic E-state index is -4.95. The fourth-order valence-electron chi connectivity index (χ4n) is 11.1. The predicted octanol–water partition coefficient (Wildman–Crippen LogP) is 21.3. The average Bonchev–Trinajstić information content (AvgIpc) is 3.31. The molecule has 3 unspecified atom stereocenters. The number of phosphoric ester groups is 2. The van der Waals surface area contributed by atoms with Crippen molar-refractivity contribution < 1.29 is 80.2 Å². The van der Waals surface area contributed by atoms with Gasteiger partial charge in [-0.1, -0.05) is 330 Å². The van der Waals surface area contributed by atoms with E-state index in [1.807, 2.05) is 0 Å². The lowest BCUT2D eigenvalue weighted by atomic mass is 9.99. The molecule has 0 aliphatic carbocycles. The highest BCUT2D eigenvalue weighted by atomic mass is 31.2. The molecule has 19 heteroatoms. The van der Waals surface area contributed by atoms with Crippen LogP contribution < -0.4 is 0 Å². The molecule has 0 saturated carbocycles. The molecule has 546 valence electrons. The van der Waals surface area contributed by atoms with Crippen LogP contribution in [0.4, 0.5) is 0 Å². The summed E-state index contributed by atoms with van der Waals surface area (Å²) < 4.78 is 68.2. The van der Waals surface area contributed by atoms with Crippen molar-refractivity contribution >= 4 is 39.5 Å². The molecule has 0 aromatic rings. The van der Waals surface area contributed by atoms with Crippen LogP contribution in [-0.2, 0) is 65.4 Å². The Hall–Kier alpha value is -1.94. The van der Waals surface area contributed by atoms with Crippen LogP contribution in [0.3, 0.4) is 0 Å². The Balaban J connectivity index is 5.13. The van der Waals surface area contributed by atoms with Crippen LogP contribution >= 0.6 is 15.6 Å². The lowest BCUT2D eigenvalue weighted by Crippen LogP contribution is -2.30. The highest BCUT2D eigenvalue weighted by Gasteiger charge is 2.30. The number of rotatable bonds is 73. The van der Waals surface area contributed by atoms with Crippen LogP contribution in [0, 0.1) is 5.92 Å². The van der Waals surface area contributed by atoms with Crippen LogP contribution in [0.1, 0.15) is 381 Å². The third kappa shape index (κ3) is 65.4. The van der Waals surface area contributed by atoms with E-state index >= 15 is 0 Å². The molecule has 0 heterocycles. The van der Waals surface area contributed by atoms with E-state index in [1.165, 1.54) is 193 Å². The summed E-state index contributed by atoms with van der Waals surface area (Å²) in [5.74, 6) is -1.25. The molecule has 0 spiro atoms. The van der Waals surface area contributed by atoms with Crippen molar-refractivity contribution in [2.24, 2.45) is 5.92 Å². The van der Waals surface area contributed by atoms with Crippen LogP contribution in [0.25, 0.3) is 0 Å². The molecule has 0 aromatic carbocycles. The normalized spacial score (nSPS) is 14.3. The minimum absolute atomic E-state index is 0.105. The van der Waals surface area contributed by atoms with E-state index in [9.17, 15) is 43.2 Å². The SMILES string of the molecule is CCCCCCCCCCCCCCCCC(=O)OC[C@H](COP(=O)(O)OC[C@@H](O)COP(=O)(O)OC[C@@H](COC(=O)CCCCCCCCCC)OC(=O)CCCCCCCCCC)OC(=O)CCCCCCCCCCCCCCCCCCCCC(C)CC. The summed E-state index contributed by atoms with van der Waals surface area (Å²) in [5, 5.41) is 10.6. The monoisotopic (exact) mass is 1350 g/mol. The fourth-order valence-corrected chi connectivity index (χ4v) is 12.7. The number of carbonyl (C=O) groups is 4. The van der Waals surface area contributed by atoms with E-state index in [0.29, 0.717) is 25.7 Å². The number of esters is 4. The largest absolute Gasteiger partial charge is 0.472 e. The number of ether oxygens (including phenoxy) is 4. The number of unbranched alkanes of at least 4 members (excludes halogenated alkanes) is 44. The molecule has 92 heavy (non-hydrogen) atoms. The molecular formula is C73H142O17P2. The third-order valence-corrected chi connectivity index (χ3v) is 19.3. The lowest BCUT2D eigenvalue weighted by Gasteiger charge is -2.21. The van der Waals surface area contributed by atoms with Crippen LogP contribution in [0.2, 0.25) is 0 Å². The summed E-state index contributed by atoms with van der Waals surface area (Å²) in [6.45, 7) is 7.28. The zero-order chi connectivity index (χ0) is 67.7.